The topological polar surface area (TPSA) is 40.6 Å². The molecule has 2 saturated heterocycles. The van der Waals surface area contributed by atoms with Crippen LogP contribution in [0.2, 0.25) is 0 Å². The van der Waals surface area contributed by atoms with Gasteiger partial charge in [0.25, 0.3) is 0 Å². The average molecular weight is 349 g/mol. The van der Waals surface area contributed by atoms with Gasteiger partial charge in [-0.15, -0.1) is 0 Å². The molecule has 4 heteroatoms. The zero-order valence-electron chi connectivity index (χ0n) is 16.3. The highest BCUT2D eigenvalue weighted by Crippen LogP contribution is 2.45. The Labute approximate surface area is 153 Å². The van der Waals surface area contributed by atoms with Crippen LogP contribution in [0.3, 0.4) is 0 Å². The molecule has 4 nitrogen and oxygen atoms in total. The fourth-order valence-corrected chi connectivity index (χ4v) is 5.32. The van der Waals surface area contributed by atoms with Crippen LogP contribution in [0.1, 0.15) is 90.9 Å². The molecular formula is C21H36N2O2. The van der Waals surface area contributed by atoms with Gasteiger partial charge >= 0.3 is 0 Å². The predicted octanol–water partition coefficient (Wildman–Crippen LogP) is 4.13. The third kappa shape index (κ3) is 4.38. The summed E-state index contributed by atoms with van der Waals surface area (Å²) in [4.78, 5) is 30.2. The first-order valence-electron chi connectivity index (χ1n) is 10.6. The van der Waals surface area contributed by atoms with Gasteiger partial charge in [-0.25, -0.2) is 0 Å². The first-order chi connectivity index (χ1) is 12.0. The van der Waals surface area contributed by atoms with Crippen molar-refractivity contribution in [3.05, 3.63) is 0 Å². The maximum absolute atomic E-state index is 13.0. The Morgan fingerprint density at radius 3 is 1.60 bits per heavy atom. The van der Waals surface area contributed by atoms with E-state index >= 15 is 0 Å². The van der Waals surface area contributed by atoms with E-state index in [1.165, 1.54) is 25.7 Å². The lowest BCUT2D eigenvalue weighted by Gasteiger charge is -2.39. The molecule has 25 heavy (non-hydrogen) atoms. The molecular weight excluding hydrogens is 312 g/mol. The molecule has 2 amide bonds. The first-order valence-corrected chi connectivity index (χ1v) is 10.6. The summed E-state index contributed by atoms with van der Waals surface area (Å²) in [6.07, 6.45) is 12.6. The summed E-state index contributed by atoms with van der Waals surface area (Å²) in [5.74, 6) is 0.599. The number of rotatable bonds is 4. The Morgan fingerprint density at radius 2 is 1.20 bits per heavy atom. The molecule has 2 unspecified atom stereocenters. The van der Waals surface area contributed by atoms with Gasteiger partial charge < -0.3 is 9.80 Å². The fraction of sp³-hybridized carbons (Fsp3) is 0.905. The fourth-order valence-electron chi connectivity index (χ4n) is 5.32. The van der Waals surface area contributed by atoms with Crippen molar-refractivity contribution in [3.8, 4) is 0 Å². The molecule has 142 valence electrons. The number of hydrogen-bond donors (Lipinski definition) is 0. The highest BCUT2D eigenvalue weighted by molar-refractivity contribution is 5.81. The van der Waals surface area contributed by atoms with E-state index in [0.29, 0.717) is 36.7 Å². The number of hydrogen-bond acceptors (Lipinski definition) is 2. The van der Waals surface area contributed by atoms with Crippen molar-refractivity contribution in [1.82, 2.24) is 9.80 Å². The number of nitrogens with zero attached hydrogens (tertiary/aromatic N) is 2. The Hall–Kier alpha value is -1.06. The first kappa shape index (κ1) is 18.7. The predicted molar refractivity (Wildman–Crippen MR) is 100 cm³/mol. The molecule has 2 atom stereocenters. The third-order valence-electron chi connectivity index (χ3n) is 6.96. The summed E-state index contributed by atoms with van der Waals surface area (Å²) >= 11 is 0. The maximum atomic E-state index is 13.0. The third-order valence-corrected chi connectivity index (χ3v) is 6.96. The minimum atomic E-state index is -0.0670. The number of likely N-dealkylation sites (tertiary alicyclic amines) is 2. The van der Waals surface area contributed by atoms with E-state index in [4.69, 9.17) is 0 Å². The molecule has 0 radical (unpaired) electrons. The van der Waals surface area contributed by atoms with Gasteiger partial charge in [-0.2, -0.15) is 0 Å². The smallest absolute Gasteiger partial charge is 0.223 e. The summed E-state index contributed by atoms with van der Waals surface area (Å²) < 4.78 is 0. The van der Waals surface area contributed by atoms with Gasteiger partial charge in [-0.3, -0.25) is 9.59 Å². The van der Waals surface area contributed by atoms with Gasteiger partial charge in [-0.1, -0.05) is 12.8 Å². The van der Waals surface area contributed by atoms with Gasteiger partial charge in [0.15, 0.2) is 0 Å². The van der Waals surface area contributed by atoms with Crippen LogP contribution in [0.5, 0.6) is 0 Å². The van der Waals surface area contributed by atoms with Crippen LogP contribution >= 0.6 is 0 Å². The molecule has 3 rings (SSSR count). The highest BCUT2D eigenvalue weighted by atomic mass is 16.2. The van der Waals surface area contributed by atoms with E-state index in [1.54, 1.807) is 0 Å². The molecule has 2 heterocycles. The van der Waals surface area contributed by atoms with E-state index in [9.17, 15) is 9.59 Å². The molecule has 0 aromatic heterocycles. The number of piperidine rings is 2. The number of amides is 2. The molecule has 0 bridgehead atoms. The molecule has 1 aliphatic carbocycles. The van der Waals surface area contributed by atoms with Gasteiger partial charge in [0, 0.05) is 38.0 Å². The van der Waals surface area contributed by atoms with Crippen LogP contribution < -0.4 is 0 Å². The summed E-state index contributed by atoms with van der Waals surface area (Å²) in [5, 5.41) is 0. The monoisotopic (exact) mass is 348 g/mol. The number of carbonyl (C=O) groups excluding carboxylic acids is 2. The zero-order valence-corrected chi connectivity index (χ0v) is 16.3. The second kappa shape index (κ2) is 8.09. The van der Waals surface area contributed by atoms with Crippen molar-refractivity contribution >= 4 is 11.8 Å². The second-order valence-corrected chi connectivity index (χ2v) is 8.92. The lowest BCUT2D eigenvalue weighted by Crippen LogP contribution is -2.46. The zero-order chi connectivity index (χ0) is 17.9. The lowest BCUT2D eigenvalue weighted by molar-refractivity contribution is -0.140. The van der Waals surface area contributed by atoms with Crippen molar-refractivity contribution in [2.75, 3.05) is 13.1 Å². The minimum absolute atomic E-state index is 0.0670. The van der Waals surface area contributed by atoms with Crippen LogP contribution in [-0.4, -0.2) is 46.8 Å². The molecule has 1 saturated carbocycles. The molecule has 0 spiro atoms. The Bertz CT molecular complexity index is 446. The van der Waals surface area contributed by atoms with Crippen LogP contribution in [0.25, 0.3) is 0 Å². The van der Waals surface area contributed by atoms with Gasteiger partial charge in [0.2, 0.25) is 11.8 Å². The standard InChI is InChI=1S/C21H36N2O2/c1-17-9-3-7-13-22(17)19(24)15-21(11-5-6-12-21)16-20(25)23-14-8-4-10-18(23)2/h17-18H,3-16H2,1-2H3. The van der Waals surface area contributed by atoms with Gasteiger partial charge in [-0.05, 0) is 70.6 Å². The summed E-state index contributed by atoms with van der Waals surface area (Å²) in [6.45, 7) is 6.18. The van der Waals surface area contributed by atoms with E-state index < -0.39 is 0 Å². The lowest BCUT2D eigenvalue weighted by atomic mass is 9.78. The molecule has 0 N–H and O–H groups in total. The second-order valence-electron chi connectivity index (χ2n) is 8.92. The molecule has 3 aliphatic rings. The van der Waals surface area contributed by atoms with Crippen LogP contribution in [0.4, 0.5) is 0 Å². The van der Waals surface area contributed by atoms with Crippen LogP contribution in [0.15, 0.2) is 0 Å². The molecule has 3 fully saturated rings. The highest BCUT2D eigenvalue weighted by Gasteiger charge is 2.41. The van der Waals surface area contributed by atoms with Crippen molar-refractivity contribution < 1.29 is 9.59 Å². The van der Waals surface area contributed by atoms with E-state index in [0.717, 1.165) is 51.6 Å². The molecule has 0 aromatic carbocycles. The van der Waals surface area contributed by atoms with E-state index in [2.05, 4.69) is 23.6 Å². The minimum Gasteiger partial charge on any atom is -0.340 e. The van der Waals surface area contributed by atoms with E-state index in [1.807, 2.05) is 0 Å². The van der Waals surface area contributed by atoms with Crippen molar-refractivity contribution in [2.24, 2.45) is 5.41 Å². The Morgan fingerprint density at radius 1 is 0.760 bits per heavy atom. The van der Waals surface area contributed by atoms with Crippen LogP contribution in [-0.2, 0) is 9.59 Å². The largest absolute Gasteiger partial charge is 0.340 e. The SMILES string of the molecule is CC1CCCCN1C(=O)CC1(CC(=O)N2CCCCC2C)CCCC1. The van der Waals surface area contributed by atoms with Gasteiger partial charge in [0.1, 0.15) is 0 Å². The quantitative estimate of drug-likeness (QED) is 0.766. The average Bonchev–Trinajstić information content (AvgIpc) is 3.03. The molecule has 2 aliphatic heterocycles. The summed E-state index contributed by atoms with van der Waals surface area (Å²) in [7, 11) is 0. The van der Waals surface area contributed by atoms with Gasteiger partial charge in [0.05, 0.1) is 0 Å². The summed E-state index contributed by atoms with van der Waals surface area (Å²) in [6, 6.07) is 0.745. The van der Waals surface area contributed by atoms with Crippen molar-refractivity contribution in [2.45, 2.75) is 103 Å². The van der Waals surface area contributed by atoms with Crippen LogP contribution in [0, 0.1) is 5.41 Å². The Kier molecular flexibility index (Phi) is 6.06. The Balaban J connectivity index is 1.64. The number of carbonyl (C=O) groups is 2. The van der Waals surface area contributed by atoms with Crippen molar-refractivity contribution in [3.63, 3.8) is 0 Å². The van der Waals surface area contributed by atoms with Crippen molar-refractivity contribution in [1.29, 1.82) is 0 Å². The maximum Gasteiger partial charge on any atom is 0.223 e. The normalized spacial score (nSPS) is 29.7. The summed E-state index contributed by atoms with van der Waals surface area (Å²) in [5.41, 5.74) is -0.0670. The molecule has 0 aromatic rings. The van der Waals surface area contributed by atoms with E-state index in [-0.39, 0.29) is 5.41 Å².